The number of hydrogen-bond acceptors (Lipinski definition) is 7. The van der Waals surface area contributed by atoms with E-state index in [0.717, 1.165) is 95.2 Å². The van der Waals surface area contributed by atoms with Crippen LogP contribution in [-0.4, -0.2) is 53.2 Å². The summed E-state index contributed by atoms with van der Waals surface area (Å²) in [5.41, 5.74) is 39.4. The van der Waals surface area contributed by atoms with Crippen molar-refractivity contribution in [2.75, 3.05) is 0 Å². The van der Waals surface area contributed by atoms with E-state index in [4.69, 9.17) is 24.9 Å². The minimum atomic E-state index is 0.674. The average Bonchev–Trinajstić information content (AvgIpc) is 1.48. The highest BCUT2D eigenvalue weighted by Gasteiger charge is 2.33. The smallest absolute Gasteiger partial charge is 0.235 e. The van der Waals surface area contributed by atoms with Crippen molar-refractivity contribution in [1.29, 1.82) is 0 Å². The van der Waals surface area contributed by atoms with Gasteiger partial charge in [0.2, 0.25) is 17.8 Å². The zero-order valence-corrected chi connectivity index (χ0v) is 78.7. The number of fused-ring (bicyclic) bond motifs is 12. The van der Waals surface area contributed by atoms with E-state index < -0.39 is 0 Å². The number of rotatable bonds is 9. The van der Waals surface area contributed by atoms with E-state index in [1.807, 2.05) is 36.4 Å². The molecule has 0 saturated heterocycles. The average molecular weight is 1860 g/mol. The van der Waals surface area contributed by atoms with Crippen LogP contribution in [0.25, 0.3) is 299 Å². The zero-order valence-electron chi connectivity index (χ0n) is 78.7. The molecule has 0 saturated carbocycles. The fraction of sp³-hybridized carbons (Fsp3) is 0. The maximum atomic E-state index is 5.22. The molecule has 0 radical (unpaired) electrons. The van der Waals surface area contributed by atoms with Crippen molar-refractivity contribution in [3.8, 4) is 169 Å². The van der Waals surface area contributed by atoms with Crippen LogP contribution in [0.4, 0.5) is 0 Å². The quantitative estimate of drug-likeness (QED) is 0.142. The SMILES string of the molecule is c1ccc(-c2cc(-c3ccccc3)nc(-n3c4cccc5c4c4c6c(cccc6ccc43)-c3ccccc3-5)n2)cc1.c1ccc(-c2cc(-c3ccccc3)nc(-n3c4cccc5c4c4c6c(cccc6ccc43)-c3ccccc3-5)n2)cc1.c1ccc(-c2cccc(-n3c4cccc5c4c4c6c(cccc6ccc43)-c3ccccc3-5)n2)cc1.c1cnc(-n2c3cccc4c3c3c5c(cccc5ccc32)-c2ccccc2-4)nc1. The normalized spacial score (nSPS) is 12.0. The maximum absolute atomic E-state index is 5.22. The van der Waals surface area contributed by atoms with Crippen molar-refractivity contribution in [1.82, 2.24) is 53.2 Å². The monoisotopic (exact) mass is 1860 g/mol. The number of nitrogens with zero attached hydrogens (tertiary/aromatic N) is 11. The van der Waals surface area contributed by atoms with E-state index in [2.05, 4.69) is 471 Å². The first kappa shape index (κ1) is 82.2. The Balaban J connectivity index is 0.0000000909. The van der Waals surface area contributed by atoms with Crippen molar-refractivity contribution in [2.45, 2.75) is 0 Å². The summed E-state index contributed by atoms with van der Waals surface area (Å²) < 4.78 is 9.05. The summed E-state index contributed by atoms with van der Waals surface area (Å²) in [5, 5.41) is 20.4. The van der Waals surface area contributed by atoms with Crippen LogP contribution < -0.4 is 0 Å². The Hall–Kier alpha value is -19.8. The van der Waals surface area contributed by atoms with Gasteiger partial charge >= 0.3 is 0 Å². The number of benzene rings is 21. The number of hydrogen-bond donors (Lipinski definition) is 0. The summed E-state index contributed by atoms with van der Waals surface area (Å²) in [7, 11) is 0. The zero-order chi connectivity index (χ0) is 95.7. The fourth-order valence-corrected chi connectivity index (χ4v) is 24.0. The Bertz CT molecular complexity index is 10100. The Morgan fingerprint density at radius 1 is 0.130 bits per heavy atom. The van der Waals surface area contributed by atoms with Gasteiger partial charge in [-0.25, -0.2) is 34.9 Å². The first-order valence-electron chi connectivity index (χ1n) is 49.7. The van der Waals surface area contributed by atoms with Crippen LogP contribution in [0, 0.1) is 0 Å². The molecule has 11 nitrogen and oxygen atoms in total. The molecular formula is C135H81N11. The summed E-state index contributed by atoms with van der Waals surface area (Å²) in [6.45, 7) is 0. The summed E-state index contributed by atoms with van der Waals surface area (Å²) >= 11 is 0. The highest BCUT2D eigenvalue weighted by Crippen LogP contribution is 2.56. The lowest BCUT2D eigenvalue weighted by Gasteiger charge is -2.14. The van der Waals surface area contributed by atoms with Gasteiger partial charge in [0.25, 0.3) is 0 Å². The molecule has 4 aliphatic carbocycles. The molecule has 676 valence electrons. The van der Waals surface area contributed by atoms with Crippen LogP contribution in [0.3, 0.4) is 0 Å². The molecule has 29 aromatic rings. The Morgan fingerprint density at radius 2 is 0.349 bits per heavy atom. The van der Waals surface area contributed by atoms with Crippen molar-refractivity contribution in [3.05, 3.63) is 492 Å². The topological polar surface area (TPSA) is 110 Å². The van der Waals surface area contributed by atoms with Gasteiger partial charge in [0.1, 0.15) is 5.82 Å². The van der Waals surface area contributed by atoms with Gasteiger partial charge in [0.05, 0.1) is 72.6 Å². The highest BCUT2D eigenvalue weighted by atomic mass is 15.2. The van der Waals surface area contributed by atoms with Gasteiger partial charge in [-0.3, -0.25) is 18.3 Å². The summed E-state index contributed by atoms with van der Waals surface area (Å²) in [6.07, 6.45) is 3.61. The molecule has 0 atom stereocenters. The lowest BCUT2D eigenvalue weighted by molar-refractivity contribution is 0.989. The van der Waals surface area contributed by atoms with Gasteiger partial charge < -0.3 is 0 Å². The van der Waals surface area contributed by atoms with Crippen LogP contribution in [0.2, 0.25) is 0 Å². The first-order valence-corrected chi connectivity index (χ1v) is 49.7. The molecule has 0 aliphatic heterocycles. The minimum absolute atomic E-state index is 0.674. The van der Waals surface area contributed by atoms with Gasteiger partial charge in [0, 0.05) is 83.3 Å². The molecule has 0 amide bonds. The molecule has 0 spiro atoms. The second-order valence-corrected chi connectivity index (χ2v) is 37.9. The molecule has 4 aliphatic rings. The predicted octanol–water partition coefficient (Wildman–Crippen LogP) is 34.4. The summed E-state index contributed by atoms with van der Waals surface area (Å²) in [5.74, 6) is 2.99. The molecule has 8 heterocycles. The second-order valence-electron chi connectivity index (χ2n) is 37.9. The van der Waals surface area contributed by atoms with E-state index in [0.29, 0.717) is 17.8 Å². The van der Waals surface area contributed by atoms with Crippen molar-refractivity contribution in [2.24, 2.45) is 0 Å². The molecular weight excluding hydrogens is 1780 g/mol. The van der Waals surface area contributed by atoms with E-state index >= 15 is 0 Å². The van der Waals surface area contributed by atoms with Gasteiger partial charge in [-0.1, -0.05) is 400 Å². The van der Waals surface area contributed by atoms with Crippen LogP contribution in [0.5, 0.6) is 0 Å². The van der Waals surface area contributed by atoms with Gasteiger partial charge in [0.15, 0.2) is 0 Å². The van der Waals surface area contributed by atoms with E-state index in [9.17, 15) is 0 Å². The Morgan fingerprint density at radius 3 is 0.637 bits per heavy atom. The fourth-order valence-electron chi connectivity index (χ4n) is 24.0. The molecule has 11 heteroatoms. The number of aromatic nitrogens is 11. The minimum Gasteiger partial charge on any atom is -0.294 e. The number of pyridine rings is 1. The summed E-state index contributed by atoms with van der Waals surface area (Å²) in [4.78, 5) is 35.2. The standard InChI is InChI=1S/2C38H23N3.C33H20N2.C26H15N3/c2*1-3-11-24(12-4-1)31-23-32(25-13-5-2-6-14-25)40-38(39-31)41-33-20-10-19-30-28-17-8-7-16-27(28)29-18-9-15-26-21-22-34(41)37(35(26)29)36(30)33;1-2-9-21(10-3-1)27-16-8-18-30(34-27)35-28-17-7-15-26-24-13-5-4-12-23(24)25-14-6-11-22-19-20-29(35)33(31(22)25)32(26)28;1-2-8-18-17(7-1)19-9-3-6-16-12-13-22-25(23(16)19)24-20(18)10-4-11-21(24)29(22)26-27-14-5-15-28-26/h2*1-23H;1-20H;1-15H. The van der Waals surface area contributed by atoms with E-state index in [1.54, 1.807) is 12.4 Å². The van der Waals surface area contributed by atoms with Crippen LogP contribution >= 0.6 is 0 Å². The van der Waals surface area contributed by atoms with Gasteiger partial charge in [-0.15, -0.1) is 0 Å². The van der Waals surface area contributed by atoms with Crippen LogP contribution in [0.15, 0.2) is 492 Å². The van der Waals surface area contributed by atoms with Gasteiger partial charge in [-0.2, -0.15) is 0 Å². The lowest BCUT2D eigenvalue weighted by atomic mass is 9.93. The molecule has 0 fully saturated rings. The van der Waals surface area contributed by atoms with Crippen molar-refractivity contribution >= 4 is 130 Å². The Labute approximate surface area is 838 Å². The molecule has 0 bridgehead atoms. The Kier molecular flexibility index (Phi) is 18.5. The molecule has 8 aromatic heterocycles. The summed E-state index contributed by atoms with van der Waals surface area (Å²) in [6, 6.07) is 170. The van der Waals surface area contributed by atoms with Crippen LogP contribution in [-0.2, 0) is 0 Å². The molecule has 33 rings (SSSR count). The third-order valence-corrected chi connectivity index (χ3v) is 30.1. The molecule has 0 unspecified atom stereocenters. The van der Waals surface area contributed by atoms with Crippen molar-refractivity contribution in [3.63, 3.8) is 0 Å². The first-order chi connectivity index (χ1) is 72.5. The largest absolute Gasteiger partial charge is 0.294 e. The highest BCUT2D eigenvalue weighted by molar-refractivity contribution is 6.35. The van der Waals surface area contributed by atoms with Gasteiger partial charge in [-0.05, 0) is 211 Å². The lowest BCUT2D eigenvalue weighted by Crippen LogP contribution is -2.04. The molecule has 146 heavy (non-hydrogen) atoms. The third kappa shape index (κ3) is 12.7. The predicted molar refractivity (Wildman–Crippen MR) is 603 cm³/mol. The maximum Gasteiger partial charge on any atom is 0.235 e. The second kappa shape index (κ2) is 32.9. The van der Waals surface area contributed by atoms with Crippen LogP contribution in [0.1, 0.15) is 0 Å². The third-order valence-electron chi connectivity index (χ3n) is 30.1. The molecule has 21 aromatic carbocycles. The molecule has 0 N–H and O–H groups in total. The van der Waals surface area contributed by atoms with Crippen molar-refractivity contribution < 1.29 is 0 Å². The van der Waals surface area contributed by atoms with E-state index in [1.165, 1.54) is 186 Å². The van der Waals surface area contributed by atoms with E-state index in [-0.39, 0.29) is 0 Å².